The summed E-state index contributed by atoms with van der Waals surface area (Å²) >= 11 is 0. The number of hydrogen-bond acceptors (Lipinski definition) is 7. The molecule has 0 bridgehead atoms. The lowest BCUT2D eigenvalue weighted by molar-refractivity contribution is -0.126. The van der Waals surface area contributed by atoms with E-state index < -0.39 is 10.0 Å². The van der Waals surface area contributed by atoms with Crippen LogP contribution < -0.4 is 10.2 Å². The van der Waals surface area contributed by atoms with E-state index in [4.69, 9.17) is 0 Å². The number of anilines is 1. The summed E-state index contributed by atoms with van der Waals surface area (Å²) in [5, 5.41) is 8.37. The van der Waals surface area contributed by atoms with E-state index in [-0.39, 0.29) is 11.8 Å². The van der Waals surface area contributed by atoms with Crippen molar-refractivity contribution < 1.29 is 13.2 Å². The molecule has 1 N–H and O–H groups in total. The summed E-state index contributed by atoms with van der Waals surface area (Å²) in [4.78, 5) is 23.6. The van der Waals surface area contributed by atoms with E-state index in [0.717, 1.165) is 29.9 Å². The van der Waals surface area contributed by atoms with Crippen molar-refractivity contribution >= 4 is 32.8 Å². The van der Waals surface area contributed by atoms with Crippen molar-refractivity contribution in [1.29, 1.82) is 0 Å². The summed E-state index contributed by atoms with van der Waals surface area (Å²) < 4.78 is 26.4. The van der Waals surface area contributed by atoms with Gasteiger partial charge in [-0.1, -0.05) is 0 Å². The van der Waals surface area contributed by atoms with Crippen LogP contribution in [0.15, 0.2) is 12.5 Å². The summed E-state index contributed by atoms with van der Waals surface area (Å²) in [5.41, 5.74) is 0.779. The van der Waals surface area contributed by atoms with Gasteiger partial charge in [0.15, 0.2) is 5.65 Å². The summed E-state index contributed by atoms with van der Waals surface area (Å²) in [6.07, 6.45) is 9.31. The van der Waals surface area contributed by atoms with Gasteiger partial charge in [0.2, 0.25) is 15.9 Å². The Kier molecular flexibility index (Phi) is 6.19. The van der Waals surface area contributed by atoms with Gasteiger partial charge in [0.25, 0.3) is 0 Å². The number of nitrogens with zero attached hydrogens (tertiary/aromatic N) is 6. The molecule has 0 radical (unpaired) electrons. The molecule has 0 aliphatic carbocycles. The number of nitrogens with one attached hydrogen (secondary N) is 1. The minimum absolute atomic E-state index is 0.0248. The standard InChI is InChI=1S/C19H29N7O3S/c1-30(28,29)25-10-5-15(6-11-25)19(27)20-7-12-26-18-16(13-23-26)17(21-14-22-18)24-8-3-2-4-9-24/h13-15H,2-12H2,1H3,(H,20,27). The van der Waals surface area contributed by atoms with Gasteiger partial charge in [-0.25, -0.2) is 27.4 Å². The molecule has 30 heavy (non-hydrogen) atoms. The number of hydrogen-bond donors (Lipinski definition) is 1. The Morgan fingerprint density at radius 3 is 2.57 bits per heavy atom. The number of amides is 1. The average Bonchev–Trinajstić information content (AvgIpc) is 3.17. The first-order valence-corrected chi connectivity index (χ1v) is 12.4. The van der Waals surface area contributed by atoms with Gasteiger partial charge >= 0.3 is 0 Å². The van der Waals surface area contributed by atoms with Crippen molar-refractivity contribution in [2.45, 2.75) is 38.6 Å². The van der Waals surface area contributed by atoms with Crippen LogP contribution in [-0.4, -0.2) is 77.4 Å². The van der Waals surface area contributed by atoms with E-state index in [1.165, 1.54) is 29.8 Å². The zero-order chi connectivity index (χ0) is 21.1. The maximum Gasteiger partial charge on any atom is 0.223 e. The molecule has 2 aliphatic heterocycles. The lowest BCUT2D eigenvalue weighted by atomic mass is 9.97. The molecule has 4 heterocycles. The van der Waals surface area contributed by atoms with Crippen molar-refractivity contribution in [3.8, 4) is 0 Å². The number of aromatic nitrogens is 4. The van der Waals surface area contributed by atoms with Gasteiger partial charge in [0.1, 0.15) is 12.1 Å². The Bertz CT molecular complexity index is 993. The first-order chi connectivity index (χ1) is 14.4. The third-order valence-electron chi connectivity index (χ3n) is 5.98. The molecule has 2 fully saturated rings. The Morgan fingerprint density at radius 1 is 1.13 bits per heavy atom. The first-order valence-electron chi connectivity index (χ1n) is 10.6. The Labute approximate surface area is 176 Å². The van der Waals surface area contributed by atoms with Crippen LogP contribution in [0.4, 0.5) is 5.82 Å². The number of sulfonamides is 1. The van der Waals surface area contributed by atoms with Crippen LogP contribution in [0.5, 0.6) is 0 Å². The van der Waals surface area contributed by atoms with E-state index in [0.29, 0.717) is 39.0 Å². The summed E-state index contributed by atoms with van der Waals surface area (Å²) in [6.45, 7) is 3.78. The fraction of sp³-hybridized carbons (Fsp3) is 0.684. The zero-order valence-corrected chi connectivity index (χ0v) is 18.1. The Morgan fingerprint density at radius 2 is 1.87 bits per heavy atom. The molecular formula is C19H29N7O3S. The molecule has 0 saturated carbocycles. The molecule has 0 unspecified atom stereocenters. The zero-order valence-electron chi connectivity index (χ0n) is 17.3. The van der Waals surface area contributed by atoms with Crippen LogP contribution in [0.25, 0.3) is 11.0 Å². The summed E-state index contributed by atoms with van der Waals surface area (Å²) in [7, 11) is -3.18. The van der Waals surface area contributed by atoms with Crippen molar-refractivity contribution in [3.05, 3.63) is 12.5 Å². The van der Waals surface area contributed by atoms with Crippen LogP contribution in [0.2, 0.25) is 0 Å². The molecule has 0 atom stereocenters. The lowest BCUT2D eigenvalue weighted by Crippen LogP contribution is -2.43. The molecule has 2 aromatic heterocycles. The van der Waals surface area contributed by atoms with Crippen LogP contribution in [0.1, 0.15) is 32.1 Å². The fourth-order valence-electron chi connectivity index (χ4n) is 4.28. The highest BCUT2D eigenvalue weighted by molar-refractivity contribution is 7.88. The summed E-state index contributed by atoms with van der Waals surface area (Å²) in [5.74, 6) is 0.765. The van der Waals surface area contributed by atoms with Gasteiger partial charge < -0.3 is 10.2 Å². The van der Waals surface area contributed by atoms with Crippen LogP contribution in [0.3, 0.4) is 0 Å². The van der Waals surface area contributed by atoms with Gasteiger partial charge in [0.05, 0.1) is 24.4 Å². The van der Waals surface area contributed by atoms with Crippen LogP contribution >= 0.6 is 0 Å². The molecular weight excluding hydrogens is 406 g/mol. The molecule has 164 valence electrons. The predicted molar refractivity (Wildman–Crippen MR) is 114 cm³/mol. The molecule has 0 aromatic carbocycles. The predicted octanol–water partition coefficient (Wildman–Crippen LogP) is 0.604. The highest BCUT2D eigenvalue weighted by Crippen LogP contribution is 2.25. The van der Waals surface area contributed by atoms with E-state index in [2.05, 4.69) is 25.3 Å². The quantitative estimate of drug-likeness (QED) is 0.707. The number of fused-ring (bicyclic) bond motifs is 1. The van der Waals surface area contributed by atoms with E-state index in [1.807, 2.05) is 6.20 Å². The molecule has 2 aromatic rings. The van der Waals surface area contributed by atoms with Crippen molar-refractivity contribution in [2.24, 2.45) is 5.92 Å². The second-order valence-electron chi connectivity index (χ2n) is 8.08. The maximum absolute atomic E-state index is 12.5. The van der Waals surface area contributed by atoms with Crippen LogP contribution in [0, 0.1) is 5.92 Å². The van der Waals surface area contributed by atoms with Gasteiger partial charge in [-0.2, -0.15) is 5.10 Å². The number of carbonyl (C=O) groups is 1. The Hall–Kier alpha value is -2.27. The SMILES string of the molecule is CS(=O)(=O)N1CCC(C(=O)NCCn2ncc3c(N4CCCCC4)ncnc32)CC1. The smallest absolute Gasteiger partial charge is 0.223 e. The third-order valence-corrected chi connectivity index (χ3v) is 7.29. The van der Waals surface area contributed by atoms with Crippen molar-refractivity contribution in [2.75, 3.05) is 43.9 Å². The van der Waals surface area contributed by atoms with Gasteiger partial charge in [0, 0.05) is 38.6 Å². The van der Waals surface area contributed by atoms with Gasteiger partial charge in [-0.05, 0) is 32.1 Å². The molecule has 2 saturated heterocycles. The van der Waals surface area contributed by atoms with Crippen molar-refractivity contribution in [3.63, 3.8) is 0 Å². The van der Waals surface area contributed by atoms with Gasteiger partial charge in [-0.15, -0.1) is 0 Å². The molecule has 10 nitrogen and oxygen atoms in total. The molecule has 0 spiro atoms. The number of piperidine rings is 2. The monoisotopic (exact) mass is 435 g/mol. The fourth-order valence-corrected chi connectivity index (χ4v) is 5.16. The molecule has 2 aliphatic rings. The lowest BCUT2D eigenvalue weighted by Gasteiger charge is -2.29. The van der Waals surface area contributed by atoms with Crippen molar-refractivity contribution in [1.82, 2.24) is 29.4 Å². The number of carbonyl (C=O) groups excluding carboxylic acids is 1. The van der Waals surface area contributed by atoms with E-state index in [1.54, 1.807) is 11.0 Å². The topological polar surface area (TPSA) is 113 Å². The molecule has 4 rings (SSSR count). The minimum Gasteiger partial charge on any atom is -0.356 e. The van der Waals surface area contributed by atoms with E-state index in [9.17, 15) is 13.2 Å². The highest BCUT2D eigenvalue weighted by atomic mass is 32.2. The highest BCUT2D eigenvalue weighted by Gasteiger charge is 2.28. The molecule has 1 amide bonds. The Balaban J connectivity index is 1.33. The largest absolute Gasteiger partial charge is 0.356 e. The second-order valence-corrected chi connectivity index (χ2v) is 10.1. The van der Waals surface area contributed by atoms with E-state index >= 15 is 0 Å². The second kappa shape index (κ2) is 8.84. The van der Waals surface area contributed by atoms with Crippen LogP contribution in [-0.2, 0) is 21.4 Å². The summed E-state index contributed by atoms with van der Waals surface area (Å²) in [6, 6.07) is 0. The molecule has 11 heteroatoms. The third kappa shape index (κ3) is 4.56. The average molecular weight is 436 g/mol. The normalized spacial score (nSPS) is 19.3. The minimum atomic E-state index is -3.18. The van der Waals surface area contributed by atoms with Gasteiger partial charge in [-0.3, -0.25) is 4.79 Å². The maximum atomic E-state index is 12.5. The first kappa shape index (κ1) is 21.0. The number of rotatable bonds is 6.